The van der Waals surface area contributed by atoms with Crippen molar-refractivity contribution in [3.63, 3.8) is 0 Å². The van der Waals surface area contributed by atoms with Gasteiger partial charge in [-0.3, -0.25) is 0 Å². The van der Waals surface area contributed by atoms with E-state index in [0.717, 1.165) is 12.2 Å². The second kappa shape index (κ2) is 7.13. The summed E-state index contributed by atoms with van der Waals surface area (Å²) in [5.41, 5.74) is 8.17. The molecular weight excluding hydrogens is 210 g/mol. The van der Waals surface area contributed by atoms with Gasteiger partial charge >= 0.3 is 0 Å². The number of hydrogen-bond acceptors (Lipinski definition) is 2. The fourth-order valence-corrected chi connectivity index (χ4v) is 1.84. The molecule has 17 heavy (non-hydrogen) atoms. The molecule has 2 nitrogen and oxygen atoms in total. The average molecular weight is 233 g/mol. The van der Waals surface area contributed by atoms with Crippen LogP contribution in [0.5, 0.6) is 5.75 Å². The third-order valence-corrected chi connectivity index (χ3v) is 2.65. The summed E-state index contributed by atoms with van der Waals surface area (Å²) < 4.78 is 5.44. The molecule has 2 heteroatoms. The van der Waals surface area contributed by atoms with E-state index in [-0.39, 0.29) is 0 Å². The molecule has 0 saturated heterocycles. The van der Waals surface area contributed by atoms with E-state index in [1.54, 1.807) is 0 Å². The molecule has 2 N–H and O–H groups in total. The number of hydrogen-bond donors (Lipinski definition) is 1. The Morgan fingerprint density at radius 3 is 2.41 bits per heavy atom. The van der Waals surface area contributed by atoms with Crippen molar-refractivity contribution in [1.82, 2.24) is 0 Å². The van der Waals surface area contributed by atoms with Gasteiger partial charge in [0.2, 0.25) is 0 Å². The van der Waals surface area contributed by atoms with E-state index in [0.29, 0.717) is 19.1 Å². The van der Waals surface area contributed by atoms with Gasteiger partial charge in [-0.05, 0) is 49.1 Å². The summed E-state index contributed by atoms with van der Waals surface area (Å²) in [5, 5.41) is 0. The van der Waals surface area contributed by atoms with E-state index in [2.05, 4.69) is 32.1 Å². The summed E-state index contributed by atoms with van der Waals surface area (Å²) >= 11 is 0. The molecule has 0 heterocycles. The highest BCUT2D eigenvalue weighted by atomic mass is 16.5. The third-order valence-electron chi connectivity index (χ3n) is 2.65. The minimum Gasteiger partial charge on any atom is -0.494 e. The molecule has 0 radical (unpaired) electrons. The van der Waals surface area contributed by atoms with Gasteiger partial charge < -0.3 is 10.5 Å². The molecular formula is C15H23NO. The molecule has 0 amide bonds. The van der Waals surface area contributed by atoms with Crippen LogP contribution in [0.4, 0.5) is 0 Å². The maximum atomic E-state index is 5.55. The molecule has 0 spiro atoms. The van der Waals surface area contributed by atoms with Crippen LogP contribution in [-0.2, 0) is 0 Å². The Morgan fingerprint density at radius 1 is 1.29 bits per heavy atom. The lowest BCUT2D eigenvalue weighted by molar-refractivity contribution is 0.340. The van der Waals surface area contributed by atoms with Crippen LogP contribution in [0.2, 0.25) is 0 Å². The fourth-order valence-electron chi connectivity index (χ4n) is 1.84. The first kappa shape index (κ1) is 13.8. The highest BCUT2D eigenvalue weighted by Crippen LogP contribution is 2.25. The lowest BCUT2D eigenvalue weighted by Crippen LogP contribution is -1.99. The zero-order chi connectivity index (χ0) is 12.7. The van der Waals surface area contributed by atoms with Crippen LogP contribution < -0.4 is 10.5 Å². The summed E-state index contributed by atoms with van der Waals surface area (Å²) in [7, 11) is 0. The van der Waals surface area contributed by atoms with Gasteiger partial charge in [-0.15, -0.1) is 0 Å². The standard InChI is InChI=1S/C15H23NO/c1-4-17-14-9-7-13(8-10-14)15(12(2)3)6-5-11-16/h6-10,12H,4-5,11,16H2,1-3H3/b15-6+. The molecule has 1 aromatic rings. The van der Waals surface area contributed by atoms with Crippen LogP contribution in [0.15, 0.2) is 30.3 Å². The first-order chi connectivity index (χ1) is 8.19. The van der Waals surface area contributed by atoms with Crippen molar-refractivity contribution in [2.45, 2.75) is 27.2 Å². The van der Waals surface area contributed by atoms with Crippen LogP contribution in [-0.4, -0.2) is 13.2 Å². The molecule has 0 unspecified atom stereocenters. The first-order valence-corrected chi connectivity index (χ1v) is 6.32. The van der Waals surface area contributed by atoms with E-state index in [1.165, 1.54) is 11.1 Å². The Morgan fingerprint density at radius 2 is 1.94 bits per heavy atom. The highest BCUT2D eigenvalue weighted by Gasteiger charge is 2.06. The topological polar surface area (TPSA) is 35.2 Å². The van der Waals surface area contributed by atoms with Crippen LogP contribution in [0, 0.1) is 5.92 Å². The van der Waals surface area contributed by atoms with Crippen molar-refractivity contribution < 1.29 is 4.74 Å². The van der Waals surface area contributed by atoms with Gasteiger partial charge in [0.15, 0.2) is 0 Å². The Kier molecular flexibility index (Phi) is 5.78. The molecule has 0 saturated carbocycles. The number of rotatable bonds is 6. The molecule has 94 valence electrons. The second-order valence-corrected chi connectivity index (χ2v) is 4.35. The van der Waals surface area contributed by atoms with Gasteiger partial charge in [0, 0.05) is 0 Å². The molecule has 0 aliphatic rings. The molecule has 0 aromatic heterocycles. The van der Waals surface area contributed by atoms with Crippen molar-refractivity contribution in [2.75, 3.05) is 13.2 Å². The van der Waals surface area contributed by atoms with E-state index in [4.69, 9.17) is 10.5 Å². The fraction of sp³-hybridized carbons (Fsp3) is 0.467. The minimum absolute atomic E-state index is 0.513. The van der Waals surface area contributed by atoms with Crippen molar-refractivity contribution in [1.29, 1.82) is 0 Å². The summed E-state index contributed by atoms with van der Waals surface area (Å²) in [5.74, 6) is 1.44. The normalized spacial score (nSPS) is 11.9. The number of ether oxygens (including phenoxy) is 1. The first-order valence-electron chi connectivity index (χ1n) is 6.32. The van der Waals surface area contributed by atoms with Gasteiger partial charge in [-0.25, -0.2) is 0 Å². The van der Waals surface area contributed by atoms with Gasteiger partial charge in [0.1, 0.15) is 5.75 Å². The zero-order valence-corrected chi connectivity index (χ0v) is 11.1. The van der Waals surface area contributed by atoms with Crippen LogP contribution in [0.25, 0.3) is 5.57 Å². The van der Waals surface area contributed by atoms with Crippen LogP contribution >= 0.6 is 0 Å². The summed E-state index contributed by atoms with van der Waals surface area (Å²) in [4.78, 5) is 0. The lowest BCUT2D eigenvalue weighted by atomic mass is 9.94. The Bertz CT molecular complexity index is 352. The summed E-state index contributed by atoms with van der Waals surface area (Å²) in [6.45, 7) is 7.82. The number of allylic oxidation sites excluding steroid dienone is 1. The van der Waals surface area contributed by atoms with Gasteiger partial charge in [-0.2, -0.15) is 0 Å². The highest BCUT2D eigenvalue weighted by molar-refractivity contribution is 5.67. The van der Waals surface area contributed by atoms with Crippen molar-refractivity contribution >= 4 is 5.57 Å². The van der Waals surface area contributed by atoms with Crippen LogP contribution in [0.1, 0.15) is 32.8 Å². The van der Waals surface area contributed by atoms with Gasteiger partial charge in [0.05, 0.1) is 6.61 Å². The molecule has 0 aliphatic carbocycles. The summed E-state index contributed by atoms with van der Waals surface area (Å²) in [6.07, 6.45) is 3.17. The molecule has 0 fully saturated rings. The third kappa shape index (κ3) is 4.23. The lowest BCUT2D eigenvalue weighted by Gasteiger charge is -2.13. The monoisotopic (exact) mass is 233 g/mol. The molecule has 0 bridgehead atoms. The quantitative estimate of drug-likeness (QED) is 0.816. The number of benzene rings is 1. The van der Waals surface area contributed by atoms with E-state index < -0.39 is 0 Å². The SMILES string of the molecule is CCOc1ccc(/C(=C/CCN)C(C)C)cc1. The van der Waals surface area contributed by atoms with Gasteiger partial charge in [-0.1, -0.05) is 32.1 Å². The predicted octanol–water partition coefficient (Wildman–Crippen LogP) is 3.47. The van der Waals surface area contributed by atoms with Crippen molar-refractivity contribution in [2.24, 2.45) is 11.7 Å². The molecule has 0 atom stereocenters. The molecule has 1 rings (SSSR count). The minimum atomic E-state index is 0.513. The smallest absolute Gasteiger partial charge is 0.119 e. The Balaban J connectivity index is 2.87. The van der Waals surface area contributed by atoms with E-state index in [1.807, 2.05) is 19.1 Å². The van der Waals surface area contributed by atoms with E-state index in [9.17, 15) is 0 Å². The molecule has 0 aliphatic heterocycles. The van der Waals surface area contributed by atoms with Crippen LogP contribution in [0.3, 0.4) is 0 Å². The number of nitrogens with two attached hydrogens (primary N) is 1. The second-order valence-electron chi connectivity index (χ2n) is 4.35. The van der Waals surface area contributed by atoms with Crippen molar-refractivity contribution in [3.8, 4) is 5.75 Å². The summed E-state index contributed by atoms with van der Waals surface area (Å²) in [6, 6.07) is 8.29. The van der Waals surface area contributed by atoms with E-state index >= 15 is 0 Å². The zero-order valence-electron chi connectivity index (χ0n) is 11.1. The largest absolute Gasteiger partial charge is 0.494 e. The average Bonchev–Trinajstić information content (AvgIpc) is 2.31. The molecule has 1 aromatic carbocycles. The van der Waals surface area contributed by atoms with Gasteiger partial charge in [0.25, 0.3) is 0 Å². The maximum Gasteiger partial charge on any atom is 0.119 e. The maximum absolute atomic E-state index is 5.55. The Labute approximate surface area is 104 Å². The Hall–Kier alpha value is -1.28. The predicted molar refractivity (Wildman–Crippen MR) is 74.1 cm³/mol. The van der Waals surface area contributed by atoms with Crippen molar-refractivity contribution in [3.05, 3.63) is 35.9 Å².